The molecule has 1 aliphatic heterocycles. The number of morpholine rings is 1. The summed E-state index contributed by atoms with van der Waals surface area (Å²) < 4.78 is 37.0. The van der Waals surface area contributed by atoms with Gasteiger partial charge in [0, 0.05) is 38.3 Å². The van der Waals surface area contributed by atoms with Gasteiger partial charge in [0.05, 0.1) is 31.8 Å². The quantitative estimate of drug-likeness (QED) is 0.538. The Bertz CT molecular complexity index is 1010. The van der Waals surface area contributed by atoms with Crippen LogP contribution in [0.1, 0.15) is 25.3 Å². The summed E-state index contributed by atoms with van der Waals surface area (Å²) in [6, 6.07) is 15.2. The molecule has 1 aliphatic rings. The number of carbonyl (C=O) groups excluding carboxylic acids is 1. The third-order valence-corrected chi connectivity index (χ3v) is 6.58. The minimum absolute atomic E-state index is 0.112. The maximum atomic E-state index is 12.4. The number of nitrogens with zero attached hydrogens (tertiary/aromatic N) is 2. The number of nitrogens with one attached hydrogen (secondary N) is 1. The normalized spacial score (nSPS) is 14.1. The van der Waals surface area contributed by atoms with Gasteiger partial charge < -0.3 is 19.7 Å². The van der Waals surface area contributed by atoms with E-state index in [1.165, 1.54) is 4.31 Å². The van der Waals surface area contributed by atoms with Gasteiger partial charge in [0.15, 0.2) is 0 Å². The Hall–Kier alpha value is -2.78. The number of hydrogen-bond acceptors (Lipinski definition) is 6. The minimum atomic E-state index is -3.52. The minimum Gasteiger partial charge on any atom is -0.492 e. The Morgan fingerprint density at radius 1 is 1.12 bits per heavy atom. The summed E-state index contributed by atoms with van der Waals surface area (Å²) >= 11 is 0. The van der Waals surface area contributed by atoms with Crippen molar-refractivity contribution in [2.75, 3.05) is 54.9 Å². The summed E-state index contributed by atoms with van der Waals surface area (Å²) in [6.45, 7) is 6.17. The molecule has 180 valence electrons. The highest BCUT2D eigenvalue weighted by atomic mass is 32.2. The molecule has 0 spiro atoms. The maximum absolute atomic E-state index is 12.4. The Kier molecular flexibility index (Phi) is 8.96. The number of carbonyl (C=O) groups is 1. The summed E-state index contributed by atoms with van der Waals surface area (Å²) in [4.78, 5) is 14.6. The largest absolute Gasteiger partial charge is 0.492 e. The van der Waals surface area contributed by atoms with E-state index < -0.39 is 10.0 Å². The summed E-state index contributed by atoms with van der Waals surface area (Å²) in [7, 11) is -3.52. The molecule has 2 aromatic rings. The zero-order valence-electron chi connectivity index (χ0n) is 19.3. The van der Waals surface area contributed by atoms with E-state index >= 15 is 0 Å². The Labute approximate surface area is 196 Å². The number of ether oxygens (including phenoxy) is 2. The second kappa shape index (κ2) is 11.9. The summed E-state index contributed by atoms with van der Waals surface area (Å²) in [5.41, 5.74) is 2.66. The topological polar surface area (TPSA) is 88.2 Å². The van der Waals surface area contributed by atoms with Crippen molar-refractivity contribution in [1.82, 2.24) is 5.32 Å². The first-order chi connectivity index (χ1) is 15.9. The van der Waals surface area contributed by atoms with Crippen LogP contribution in [-0.4, -0.2) is 60.0 Å². The van der Waals surface area contributed by atoms with Crippen LogP contribution in [0.15, 0.2) is 48.5 Å². The molecule has 1 fully saturated rings. The van der Waals surface area contributed by atoms with Crippen molar-refractivity contribution < 1.29 is 22.7 Å². The van der Waals surface area contributed by atoms with Crippen molar-refractivity contribution in [1.29, 1.82) is 0 Å². The van der Waals surface area contributed by atoms with Crippen LogP contribution in [-0.2, 0) is 26.1 Å². The first-order valence-electron chi connectivity index (χ1n) is 11.3. The molecule has 8 nitrogen and oxygen atoms in total. The molecule has 9 heteroatoms. The van der Waals surface area contributed by atoms with Crippen molar-refractivity contribution in [2.45, 2.75) is 26.3 Å². The molecule has 33 heavy (non-hydrogen) atoms. The molecule has 0 aliphatic carbocycles. The Balaban J connectivity index is 1.49. The molecular formula is C24H33N3O5S. The fraction of sp³-hybridized carbons (Fsp3) is 0.458. The van der Waals surface area contributed by atoms with Crippen LogP contribution in [0, 0.1) is 0 Å². The predicted molar refractivity (Wildman–Crippen MR) is 130 cm³/mol. The predicted octanol–water partition coefficient (Wildman–Crippen LogP) is 2.78. The van der Waals surface area contributed by atoms with Crippen LogP contribution in [0.25, 0.3) is 0 Å². The molecular weight excluding hydrogens is 442 g/mol. The highest BCUT2D eigenvalue weighted by Gasteiger charge is 2.21. The SMILES string of the molecule is CCOc1ccccc1N(CCCC(=O)NCc1ccc(N2CCOCC2)cc1)S(C)(=O)=O. The average Bonchev–Trinajstić information content (AvgIpc) is 2.81. The number of para-hydroxylation sites is 2. The van der Waals surface area contributed by atoms with Crippen LogP contribution in [0.2, 0.25) is 0 Å². The van der Waals surface area contributed by atoms with Crippen molar-refractivity contribution in [2.24, 2.45) is 0 Å². The van der Waals surface area contributed by atoms with E-state index in [1.807, 2.05) is 19.1 Å². The van der Waals surface area contributed by atoms with Crippen molar-refractivity contribution in [3.05, 3.63) is 54.1 Å². The van der Waals surface area contributed by atoms with E-state index in [1.54, 1.807) is 24.3 Å². The number of rotatable bonds is 11. The zero-order valence-corrected chi connectivity index (χ0v) is 20.1. The molecule has 0 aromatic heterocycles. The standard InChI is InChI=1S/C24H33N3O5S/c1-3-32-23-8-5-4-7-22(23)27(33(2,29)30)14-6-9-24(28)25-19-20-10-12-21(13-11-20)26-15-17-31-18-16-26/h4-5,7-8,10-13H,3,6,9,14-19H2,1-2H3,(H,25,28). The lowest BCUT2D eigenvalue weighted by Gasteiger charge is -2.28. The smallest absolute Gasteiger partial charge is 0.232 e. The third-order valence-electron chi connectivity index (χ3n) is 5.40. The number of benzene rings is 2. The Morgan fingerprint density at radius 2 is 1.82 bits per heavy atom. The van der Waals surface area contributed by atoms with E-state index in [9.17, 15) is 13.2 Å². The Morgan fingerprint density at radius 3 is 2.48 bits per heavy atom. The number of anilines is 2. The molecule has 0 radical (unpaired) electrons. The molecule has 1 heterocycles. The summed E-state index contributed by atoms with van der Waals surface area (Å²) in [6.07, 6.45) is 1.79. The van der Waals surface area contributed by atoms with Gasteiger partial charge >= 0.3 is 0 Å². The third kappa shape index (κ3) is 7.36. The van der Waals surface area contributed by atoms with Gasteiger partial charge in [-0.25, -0.2) is 8.42 Å². The van der Waals surface area contributed by atoms with E-state index in [0.29, 0.717) is 31.0 Å². The zero-order chi connectivity index (χ0) is 23.7. The number of sulfonamides is 1. The van der Waals surface area contributed by atoms with Crippen LogP contribution >= 0.6 is 0 Å². The molecule has 0 bridgehead atoms. The summed E-state index contributed by atoms with van der Waals surface area (Å²) in [5.74, 6) is 0.397. The van der Waals surface area contributed by atoms with Crippen molar-refractivity contribution in [3.63, 3.8) is 0 Å². The van der Waals surface area contributed by atoms with Gasteiger partial charge in [-0.05, 0) is 43.2 Å². The fourth-order valence-electron chi connectivity index (χ4n) is 3.72. The molecule has 1 saturated heterocycles. The van der Waals surface area contributed by atoms with Crippen LogP contribution in [0.4, 0.5) is 11.4 Å². The lowest BCUT2D eigenvalue weighted by molar-refractivity contribution is -0.121. The molecule has 3 rings (SSSR count). The number of amides is 1. The van der Waals surface area contributed by atoms with Gasteiger partial charge in [-0.15, -0.1) is 0 Å². The maximum Gasteiger partial charge on any atom is 0.232 e. The van der Waals surface area contributed by atoms with Crippen molar-refractivity contribution >= 4 is 27.3 Å². The van der Waals surface area contributed by atoms with E-state index in [4.69, 9.17) is 9.47 Å². The lowest BCUT2D eigenvalue weighted by atomic mass is 10.2. The molecule has 2 aromatic carbocycles. The van der Waals surface area contributed by atoms with Gasteiger partial charge in [0.1, 0.15) is 5.75 Å². The molecule has 1 amide bonds. The molecule has 0 atom stereocenters. The van der Waals surface area contributed by atoms with Crippen LogP contribution in [0.3, 0.4) is 0 Å². The van der Waals surface area contributed by atoms with Crippen LogP contribution in [0.5, 0.6) is 5.75 Å². The first-order valence-corrected chi connectivity index (χ1v) is 13.1. The lowest BCUT2D eigenvalue weighted by Crippen LogP contribution is -2.36. The molecule has 0 saturated carbocycles. The molecule has 1 N–H and O–H groups in total. The first kappa shape index (κ1) is 24.9. The van der Waals surface area contributed by atoms with Gasteiger partial charge in [0.2, 0.25) is 15.9 Å². The fourth-order valence-corrected chi connectivity index (χ4v) is 4.69. The second-order valence-electron chi connectivity index (χ2n) is 7.88. The van der Waals surface area contributed by atoms with E-state index in [0.717, 1.165) is 43.8 Å². The van der Waals surface area contributed by atoms with Crippen molar-refractivity contribution in [3.8, 4) is 5.75 Å². The van der Waals surface area contributed by atoms with Gasteiger partial charge in [-0.2, -0.15) is 0 Å². The van der Waals surface area contributed by atoms with E-state index in [-0.39, 0.29) is 18.9 Å². The monoisotopic (exact) mass is 475 g/mol. The van der Waals surface area contributed by atoms with E-state index in [2.05, 4.69) is 22.3 Å². The van der Waals surface area contributed by atoms with Gasteiger partial charge in [0.25, 0.3) is 0 Å². The van der Waals surface area contributed by atoms with Crippen LogP contribution < -0.4 is 19.3 Å². The summed E-state index contributed by atoms with van der Waals surface area (Å²) in [5, 5.41) is 2.92. The highest BCUT2D eigenvalue weighted by molar-refractivity contribution is 7.92. The highest BCUT2D eigenvalue weighted by Crippen LogP contribution is 2.30. The second-order valence-corrected chi connectivity index (χ2v) is 9.79. The number of hydrogen-bond donors (Lipinski definition) is 1. The van der Waals surface area contributed by atoms with Gasteiger partial charge in [-0.1, -0.05) is 24.3 Å². The average molecular weight is 476 g/mol. The van der Waals surface area contributed by atoms with Gasteiger partial charge in [-0.3, -0.25) is 9.10 Å². The molecule has 0 unspecified atom stereocenters.